The number of hydrogen-bond acceptors (Lipinski definition) is 6. The highest BCUT2D eigenvalue weighted by Crippen LogP contribution is 2.45. The van der Waals surface area contributed by atoms with E-state index in [4.69, 9.17) is 16.7 Å². The van der Waals surface area contributed by atoms with Gasteiger partial charge in [-0.3, -0.25) is 14.5 Å². The summed E-state index contributed by atoms with van der Waals surface area (Å²) in [6.07, 6.45) is 9.25. The number of aromatic nitrogens is 9. The molecule has 6 heterocycles. The minimum atomic E-state index is -0.0604. The van der Waals surface area contributed by atoms with Crippen molar-refractivity contribution in [2.45, 2.75) is 65.1 Å². The van der Waals surface area contributed by atoms with Gasteiger partial charge in [0.05, 0.1) is 40.3 Å². The second-order valence-corrected chi connectivity index (χ2v) is 12.8. The molecule has 8 rings (SSSR count). The number of aromatic amines is 1. The average Bonchev–Trinajstić information content (AvgIpc) is 3.83. The standard InChI is InChI=1S/C32H33ClN10O/c1-17-9-26-25(15-34-37-26)29(30(17)33)28-19(3)41(38-31(28)21-5-8-27-22(12-21)14-36-40(27)4)16-20-10-23-6-7-24(11-20)42(23)32(44)43-18(2)13-35-39-43/h5,8-9,12-15,20,23-24H,6-7,10-11,16H2,1-4H3,(H,34,37). The van der Waals surface area contributed by atoms with Gasteiger partial charge in [0, 0.05) is 58.8 Å². The fourth-order valence-electron chi connectivity index (χ4n) is 7.56. The summed E-state index contributed by atoms with van der Waals surface area (Å²) in [7, 11) is 1.95. The van der Waals surface area contributed by atoms with Crippen molar-refractivity contribution < 1.29 is 4.79 Å². The van der Waals surface area contributed by atoms with Crippen LogP contribution in [0.25, 0.3) is 44.2 Å². The van der Waals surface area contributed by atoms with Gasteiger partial charge in [0.1, 0.15) is 5.69 Å². The molecular formula is C32H33ClN10O. The van der Waals surface area contributed by atoms with E-state index in [1.54, 1.807) is 6.20 Å². The second-order valence-electron chi connectivity index (χ2n) is 12.4. The lowest BCUT2D eigenvalue weighted by Crippen LogP contribution is -2.49. The summed E-state index contributed by atoms with van der Waals surface area (Å²) in [6, 6.07) is 8.74. The van der Waals surface area contributed by atoms with Crippen LogP contribution in [-0.4, -0.2) is 67.8 Å². The zero-order chi connectivity index (χ0) is 30.3. The van der Waals surface area contributed by atoms with Gasteiger partial charge in [0.15, 0.2) is 0 Å². The summed E-state index contributed by atoms with van der Waals surface area (Å²) in [5.41, 5.74) is 8.68. The van der Waals surface area contributed by atoms with Crippen LogP contribution in [0, 0.1) is 26.7 Å². The van der Waals surface area contributed by atoms with Gasteiger partial charge in [-0.2, -0.15) is 20.0 Å². The normalized spacial score (nSPS) is 19.9. The molecule has 2 aromatic carbocycles. The van der Waals surface area contributed by atoms with Gasteiger partial charge in [-0.1, -0.05) is 22.9 Å². The van der Waals surface area contributed by atoms with Crippen LogP contribution in [0.1, 0.15) is 42.6 Å². The molecule has 2 atom stereocenters. The van der Waals surface area contributed by atoms with Crippen LogP contribution < -0.4 is 0 Å². The fourth-order valence-corrected chi connectivity index (χ4v) is 7.81. The van der Waals surface area contributed by atoms with Crippen molar-refractivity contribution in [3.8, 4) is 22.4 Å². The van der Waals surface area contributed by atoms with E-state index >= 15 is 0 Å². The Labute approximate surface area is 258 Å². The zero-order valence-electron chi connectivity index (χ0n) is 25.1. The molecule has 2 aliphatic rings. The number of benzene rings is 2. The van der Waals surface area contributed by atoms with Crippen LogP contribution in [-0.2, 0) is 13.6 Å². The zero-order valence-corrected chi connectivity index (χ0v) is 25.9. The predicted octanol–water partition coefficient (Wildman–Crippen LogP) is 6.06. The van der Waals surface area contributed by atoms with Crippen LogP contribution in [0.4, 0.5) is 4.79 Å². The average molecular weight is 609 g/mol. The molecular weight excluding hydrogens is 576 g/mol. The first-order valence-electron chi connectivity index (χ1n) is 15.1. The molecule has 12 heteroatoms. The summed E-state index contributed by atoms with van der Waals surface area (Å²) in [4.78, 5) is 15.5. The van der Waals surface area contributed by atoms with E-state index in [1.807, 2.05) is 44.0 Å². The molecule has 2 saturated heterocycles. The van der Waals surface area contributed by atoms with Crippen molar-refractivity contribution >= 4 is 39.4 Å². The lowest BCUT2D eigenvalue weighted by Gasteiger charge is -2.38. The van der Waals surface area contributed by atoms with Gasteiger partial charge >= 0.3 is 6.03 Å². The number of nitrogens with one attached hydrogen (secondary N) is 1. The number of rotatable bonds is 4. The maximum Gasteiger partial charge on any atom is 0.346 e. The topological polar surface area (TPSA) is 115 Å². The van der Waals surface area contributed by atoms with E-state index in [0.717, 1.165) is 93.4 Å². The third-order valence-corrected chi connectivity index (χ3v) is 10.2. The Morgan fingerprint density at radius 1 is 1.05 bits per heavy atom. The van der Waals surface area contributed by atoms with Gasteiger partial charge < -0.3 is 4.90 Å². The Morgan fingerprint density at radius 2 is 1.84 bits per heavy atom. The Kier molecular flexibility index (Phi) is 6.16. The molecule has 224 valence electrons. The predicted molar refractivity (Wildman–Crippen MR) is 168 cm³/mol. The van der Waals surface area contributed by atoms with Crippen molar-refractivity contribution in [3.63, 3.8) is 0 Å². The number of halogens is 1. The van der Waals surface area contributed by atoms with Gasteiger partial charge in [-0.05, 0) is 76.1 Å². The van der Waals surface area contributed by atoms with Crippen molar-refractivity contribution in [3.05, 3.63) is 64.8 Å². The van der Waals surface area contributed by atoms with Gasteiger partial charge in [0.2, 0.25) is 0 Å². The Morgan fingerprint density at radius 3 is 2.59 bits per heavy atom. The molecule has 6 aromatic rings. The largest absolute Gasteiger partial charge is 0.346 e. The maximum absolute atomic E-state index is 13.4. The van der Waals surface area contributed by atoms with Crippen LogP contribution in [0.5, 0.6) is 0 Å². The quantitative estimate of drug-likeness (QED) is 0.260. The molecule has 2 fully saturated rings. The Hall–Kier alpha value is -4.51. The highest BCUT2D eigenvalue weighted by molar-refractivity contribution is 6.36. The number of aryl methyl sites for hydroxylation is 3. The maximum atomic E-state index is 13.4. The summed E-state index contributed by atoms with van der Waals surface area (Å²) >= 11 is 7.10. The molecule has 2 bridgehead atoms. The molecule has 0 saturated carbocycles. The van der Waals surface area contributed by atoms with Crippen molar-refractivity contribution in [1.29, 1.82) is 0 Å². The minimum Gasteiger partial charge on any atom is -0.317 e. The first kappa shape index (κ1) is 27.1. The third-order valence-electron chi connectivity index (χ3n) is 9.72. The molecule has 44 heavy (non-hydrogen) atoms. The smallest absolute Gasteiger partial charge is 0.317 e. The molecule has 0 aliphatic carbocycles. The van der Waals surface area contributed by atoms with Crippen LogP contribution >= 0.6 is 11.6 Å². The molecule has 4 aromatic heterocycles. The van der Waals surface area contributed by atoms with E-state index in [-0.39, 0.29) is 18.1 Å². The van der Waals surface area contributed by atoms with Crippen LogP contribution in [0.3, 0.4) is 0 Å². The van der Waals surface area contributed by atoms with Crippen molar-refractivity contribution in [2.24, 2.45) is 13.0 Å². The van der Waals surface area contributed by atoms with Crippen LogP contribution in [0.15, 0.2) is 42.9 Å². The molecule has 0 radical (unpaired) electrons. The van der Waals surface area contributed by atoms with E-state index in [2.05, 4.69) is 60.3 Å². The number of H-pyrrole nitrogens is 1. The number of nitrogens with zero attached hydrogens (tertiary/aromatic N) is 9. The second kappa shape index (κ2) is 10.0. The number of piperidine rings is 1. The lowest BCUT2D eigenvalue weighted by molar-refractivity contribution is 0.112. The van der Waals surface area contributed by atoms with Gasteiger partial charge in [-0.15, -0.1) is 5.10 Å². The monoisotopic (exact) mass is 608 g/mol. The first-order chi connectivity index (χ1) is 21.3. The van der Waals surface area contributed by atoms with Gasteiger partial charge in [0.25, 0.3) is 0 Å². The summed E-state index contributed by atoms with van der Waals surface area (Å²) in [5, 5.41) is 27.9. The van der Waals surface area contributed by atoms with Gasteiger partial charge in [-0.25, -0.2) is 4.79 Å². The Bertz CT molecular complexity index is 2070. The number of amides is 1. The number of fused-ring (bicyclic) bond motifs is 4. The molecule has 0 spiro atoms. The number of carbonyl (C=O) groups excluding carboxylic acids is 1. The molecule has 1 amide bonds. The van der Waals surface area contributed by atoms with E-state index < -0.39 is 0 Å². The molecule has 2 aliphatic heterocycles. The van der Waals surface area contributed by atoms with E-state index in [9.17, 15) is 4.79 Å². The first-order valence-corrected chi connectivity index (χ1v) is 15.5. The summed E-state index contributed by atoms with van der Waals surface area (Å²) in [6.45, 7) is 6.80. The van der Waals surface area contributed by atoms with E-state index in [1.165, 1.54) is 4.68 Å². The van der Waals surface area contributed by atoms with E-state index in [0.29, 0.717) is 10.9 Å². The number of hydrogen-bond donors (Lipinski definition) is 1. The highest BCUT2D eigenvalue weighted by Gasteiger charge is 2.44. The van der Waals surface area contributed by atoms with Crippen molar-refractivity contribution in [1.82, 2.24) is 49.7 Å². The third kappa shape index (κ3) is 4.09. The molecule has 2 unspecified atom stereocenters. The van der Waals surface area contributed by atoms with Crippen molar-refractivity contribution in [2.75, 3.05) is 0 Å². The molecule has 11 nitrogen and oxygen atoms in total. The SMILES string of the molecule is Cc1cc2[nH]ncc2c(-c2c(-c3ccc4c(cnn4C)c3)nn(CC3CC4CCC(C3)N4C(=O)n3nncc3C)c2C)c1Cl. The summed E-state index contributed by atoms with van der Waals surface area (Å²) in [5.74, 6) is 0.385. The fraction of sp³-hybridized carbons (Fsp3) is 0.375. The summed E-state index contributed by atoms with van der Waals surface area (Å²) < 4.78 is 5.47. The van der Waals surface area contributed by atoms with Crippen LogP contribution in [0.2, 0.25) is 5.02 Å². The number of carbonyl (C=O) groups is 1. The highest BCUT2D eigenvalue weighted by atomic mass is 35.5. The minimum absolute atomic E-state index is 0.0604. The lowest BCUT2D eigenvalue weighted by atomic mass is 9.90. The Balaban J connectivity index is 1.19. The molecule has 1 N–H and O–H groups in total.